The molecule has 3 atom stereocenters. The third-order valence-electron chi connectivity index (χ3n) is 7.42. The van der Waals surface area contributed by atoms with Gasteiger partial charge in [0.2, 0.25) is 5.91 Å². The summed E-state index contributed by atoms with van der Waals surface area (Å²) < 4.78 is 5.64. The number of amides is 2. The Morgan fingerprint density at radius 1 is 1.00 bits per heavy atom. The van der Waals surface area contributed by atoms with Gasteiger partial charge in [-0.3, -0.25) is 4.79 Å². The maximum absolute atomic E-state index is 13.1. The number of aliphatic carboxylic acids is 1. The van der Waals surface area contributed by atoms with Gasteiger partial charge in [-0.05, 0) is 61.3 Å². The normalized spacial score (nSPS) is 21.9. The molecule has 34 heavy (non-hydrogen) atoms. The Kier molecular flexibility index (Phi) is 6.02. The van der Waals surface area contributed by atoms with Crippen molar-refractivity contribution in [3.8, 4) is 11.1 Å². The average Bonchev–Trinajstić information content (AvgIpc) is 3.47. The molecule has 2 amide bonds. The number of alkyl carbamates (subject to hydrolysis) is 1. The molecule has 7 nitrogen and oxygen atoms in total. The van der Waals surface area contributed by atoms with Crippen LogP contribution < -0.4 is 5.32 Å². The molecule has 0 heterocycles. The highest BCUT2D eigenvalue weighted by atomic mass is 16.5. The van der Waals surface area contributed by atoms with Crippen LogP contribution >= 0.6 is 0 Å². The average molecular weight is 463 g/mol. The number of ether oxygens (including phenoxy) is 1. The number of carboxylic acids is 1. The van der Waals surface area contributed by atoms with Gasteiger partial charge < -0.3 is 20.1 Å². The summed E-state index contributed by atoms with van der Waals surface area (Å²) in [7, 11) is 0. The standard InChI is InChI=1S/C27H30N2O5/c1-16(26(31)32)29(19-12-13-19)25(30)17-10-11-18(14-17)28-27(33)34-15-24-22-8-4-2-6-20(22)21-7-3-5-9-23(21)24/h2-9,16-19,24H,10-15H2,1H3,(H,28,33)(H,31,32). The minimum absolute atomic E-state index is 0.000612. The van der Waals surface area contributed by atoms with Gasteiger partial charge in [-0.2, -0.15) is 0 Å². The second kappa shape index (κ2) is 9.12. The van der Waals surface area contributed by atoms with E-state index in [1.807, 2.05) is 24.3 Å². The molecule has 0 radical (unpaired) electrons. The van der Waals surface area contributed by atoms with E-state index in [2.05, 4.69) is 29.6 Å². The van der Waals surface area contributed by atoms with Crippen LogP contribution in [-0.4, -0.2) is 52.7 Å². The summed E-state index contributed by atoms with van der Waals surface area (Å²) in [6.45, 7) is 1.82. The summed E-state index contributed by atoms with van der Waals surface area (Å²) in [6.07, 6.45) is 3.08. The molecule has 5 rings (SSSR count). The first kappa shape index (κ1) is 22.4. The lowest BCUT2D eigenvalue weighted by Gasteiger charge is -2.29. The summed E-state index contributed by atoms with van der Waals surface area (Å²) in [4.78, 5) is 38.7. The molecule has 7 heteroatoms. The maximum atomic E-state index is 13.1. The highest BCUT2D eigenvalue weighted by molar-refractivity contribution is 5.86. The maximum Gasteiger partial charge on any atom is 0.407 e. The zero-order valence-corrected chi connectivity index (χ0v) is 19.3. The Labute approximate surface area is 199 Å². The van der Waals surface area contributed by atoms with Gasteiger partial charge in [0.15, 0.2) is 0 Å². The van der Waals surface area contributed by atoms with Gasteiger partial charge in [-0.25, -0.2) is 9.59 Å². The molecule has 178 valence electrons. The zero-order valence-electron chi connectivity index (χ0n) is 19.3. The van der Waals surface area contributed by atoms with Gasteiger partial charge in [0.25, 0.3) is 0 Å². The Hall–Kier alpha value is -3.35. The Morgan fingerprint density at radius 3 is 2.21 bits per heavy atom. The molecule has 0 aromatic heterocycles. The molecule has 0 saturated heterocycles. The first-order valence-electron chi connectivity index (χ1n) is 12.1. The topological polar surface area (TPSA) is 95.9 Å². The molecule has 2 aromatic carbocycles. The van der Waals surface area contributed by atoms with Gasteiger partial charge >= 0.3 is 12.1 Å². The van der Waals surface area contributed by atoms with Gasteiger partial charge in [0.1, 0.15) is 12.6 Å². The quantitative estimate of drug-likeness (QED) is 0.644. The molecule has 0 aliphatic heterocycles. The fourth-order valence-corrected chi connectivity index (χ4v) is 5.51. The summed E-state index contributed by atoms with van der Waals surface area (Å²) in [5.74, 6) is -1.34. The molecule has 3 unspecified atom stereocenters. The number of nitrogens with zero attached hydrogens (tertiary/aromatic N) is 1. The Balaban J connectivity index is 1.17. The van der Waals surface area contributed by atoms with Crippen LogP contribution in [0.15, 0.2) is 48.5 Å². The van der Waals surface area contributed by atoms with E-state index in [9.17, 15) is 19.5 Å². The third-order valence-corrected chi connectivity index (χ3v) is 7.42. The molecule has 0 spiro atoms. The van der Waals surface area contributed by atoms with Gasteiger partial charge in [-0.15, -0.1) is 0 Å². The third kappa shape index (κ3) is 4.27. The van der Waals surface area contributed by atoms with Crippen molar-refractivity contribution < 1.29 is 24.2 Å². The van der Waals surface area contributed by atoms with Crippen molar-refractivity contribution in [1.82, 2.24) is 10.2 Å². The molecule has 0 bridgehead atoms. The van der Waals surface area contributed by atoms with Crippen molar-refractivity contribution in [3.05, 3.63) is 59.7 Å². The lowest BCUT2D eigenvalue weighted by molar-refractivity contribution is -0.151. The number of hydrogen-bond acceptors (Lipinski definition) is 4. The number of carbonyl (C=O) groups excluding carboxylic acids is 2. The van der Waals surface area contributed by atoms with E-state index >= 15 is 0 Å². The van der Waals surface area contributed by atoms with Crippen LogP contribution in [0.2, 0.25) is 0 Å². The number of carboxylic acid groups (broad SMARTS) is 1. The van der Waals surface area contributed by atoms with Gasteiger partial charge in [0, 0.05) is 23.9 Å². The molecule has 2 aromatic rings. The second-order valence-electron chi connectivity index (χ2n) is 9.67. The highest BCUT2D eigenvalue weighted by Gasteiger charge is 2.43. The molecule has 3 aliphatic rings. The van der Waals surface area contributed by atoms with E-state index in [1.165, 1.54) is 11.1 Å². The summed E-state index contributed by atoms with van der Waals surface area (Å²) in [6, 6.07) is 15.5. The van der Waals surface area contributed by atoms with Crippen molar-refractivity contribution in [3.63, 3.8) is 0 Å². The van der Waals surface area contributed by atoms with Crippen molar-refractivity contribution in [2.75, 3.05) is 6.61 Å². The Bertz CT molecular complexity index is 1070. The van der Waals surface area contributed by atoms with Crippen molar-refractivity contribution in [2.24, 2.45) is 5.92 Å². The molecular weight excluding hydrogens is 432 g/mol. The lowest BCUT2D eigenvalue weighted by Crippen LogP contribution is -2.47. The van der Waals surface area contributed by atoms with Crippen LogP contribution in [0.1, 0.15) is 56.1 Å². The summed E-state index contributed by atoms with van der Waals surface area (Å²) >= 11 is 0. The number of nitrogens with one attached hydrogen (secondary N) is 1. The van der Waals surface area contributed by atoms with E-state index in [-0.39, 0.29) is 36.4 Å². The van der Waals surface area contributed by atoms with Crippen LogP contribution in [0, 0.1) is 5.92 Å². The van der Waals surface area contributed by atoms with Crippen LogP contribution in [0.5, 0.6) is 0 Å². The fraction of sp³-hybridized carbons (Fsp3) is 0.444. The summed E-state index contributed by atoms with van der Waals surface area (Å²) in [5.41, 5.74) is 4.69. The van der Waals surface area contributed by atoms with Crippen LogP contribution in [-0.2, 0) is 14.3 Å². The predicted molar refractivity (Wildman–Crippen MR) is 126 cm³/mol. The van der Waals surface area contributed by atoms with Crippen LogP contribution in [0.25, 0.3) is 11.1 Å². The first-order valence-corrected chi connectivity index (χ1v) is 12.1. The molecule has 2 N–H and O–H groups in total. The number of rotatable bonds is 7. The molecule has 2 saturated carbocycles. The number of fused-ring (bicyclic) bond motifs is 3. The minimum atomic E-state index is -0.980. The highest BCUT2D eigenvalue weighted by Crippen LogP contribution is 2.44. The van der Waals surface area contributed by atoms with Gasteiger partial charge in [0.05, 0.1) is 0 Å². The smallest absolute Gasteiger partial charge is 0.407 e. The van der Waals surface area contributed by atoms with E-state index in [0.29, 0.717) is 19.3 Å². The largest absolute Gasteiger partial charge is 0.480 e. The Morgan fingerprint density at radius 2 is 1.62 bits per heavy atom. The molecular formula is C27H30N2O5. The summed E-state index contributed by atoms with van der Waals surface area (Å²) in [5, 5.41) is 12.3. The lowest BCUT2D eigenvalue weighted by atomic mass is 9.98. The molecule has 2 fully saturated rings. The van der Waals surface area contributed by atoms with Crippen molar-refractivity contribution in [1.29, 1.82) is 0 Å². The minimum Gasteiger partial charge on any atom is -0.480 e. The van der Waals surface area contributed by atoms with E-state index in [0.717, 1.165) is 24.0 Å². The van der Waals surface area contributed by atoms with Crippen LogP contribution in [0.3, 0.4) is 0 Å². The zero-order chi connectivity index (χ0) is 23.8. The SMILES string of the molecule is CC(C(=O)O)N(C(=O)C1CCC(NC(=O)OCC2c3ccccc3-c3ccccc32)C1)C1CC1. The van der Waals surface area contributed by atoms with E-state index in [4.69, 9.17) is 4.74 Å². The van der Waals surface area contributed by atoms with E-state index in [1.54, 1.807) is 11.8 Å². The van der Waals surface area contributed by atoms with Crippen molar-refractivity contribution >= 4 is 18.0 Å². The predicted octanol–water partition coefficient (Wildman–Crippen LogP) is 4.16. The number of benzene rings is 2. The number of hydrogen-bond donors (Lipinski definition) is 2. The van der Waals surface area contributed by atoms with E-state index < -0.39 is 18.1 Å². The van der Waals surface area contributed by atoms with Gasteiger partial charge in [-0.1, -0.05) is 48.5 Å². The second-order valence-corrected chi connectivity index (χ2v) is 9.67. The fourth-order valence-electron chi connectivity index (χ4n) is 5.51. The van der Waals surface area contributed by atoms with Crippen LogP contribution in [0.4, 0.5) is 4.79 Å². The van der Waals surface area contributed by atoms with Crippen molar-refractivity contribution in [2.45, 2.75) is 63.1 Å². The molecule has 3 aliphatic carbocycles. The first-order chi connectivity index (χ1) is 16.4. The number of carbonyl (C=O) groups is 3. The monoisotopic (exact) mass is 462 g/mol.